The third-order valence-corrected chi connectivity index (χ3v) is 4.62. The van der Waals surface area contributed by atoms with Crippen molar-refractivity contribution >= 4 is 23.3 Å². The summed E-state index contributed by atoms with van der Waals surface area (Å²) < 4.78 is 54.9. The van der Waals surface area contributed by atoms with Crippen molar-refractivity contribution in [2.75, 3.05) is 11.4 Å². The number of aliphatic hydroxyl groups excluding tert-OH is 1. The minimum atomic E-state index is -4.88. The van der Waals surface area contributed by atoms with Crippen LogP contribution in [0.25, 0.3) is 0 Å². The molecule has 0 aliphatic carbocycles. The van der Waals surface area contributed by atoms with Crippen molar-refractivity contribution in [3.63, 3.8) is 0 Å². The smallest absolute Gasteiger partial charge is 0.391 e. The zero-order chi connectivity index (χ0) is 17.8. The molecule has 3 atom stereocenters. The van der Waals surface area contributed by atoms with Crippen LogP contribution in [0.5, 0.6) is 0 Å². The first-order valence-electron chi connectivity index (χ1n) is 6.91. The van der Waals surface area contributed by atoms with E-state index in [2.05, 4.69) is 0 Å². The maximum absolute atomic E-state index is 14.4. The van der Waals surface area contributed by atoms with Crippen LogP contribution in [-0.2, 0) is 0 Å². The lowest BCUT2D eigenvalue weighted by Gasteiger charge is -2.29. The van der Waals surface area contributed by atoms with Gasteiger partial charge >= 0.3 is 12.2 Å². The van der Waals surface area contributed by atoms with Gasteiger partial charge in [0.15, 0.2) is 11.9 Å². The topological polar surface area (TPSA) is 67.6 Å². The summed E-state index contributed by atoms with van der Waals surface area (Å²) in [7, 11) is 0. The van der Waals surface area contributed by atoms with Gasteiger partial charge in [-0.15, -0.1) is 0 Å². The molecule has 1 aromatic rings. The molecule has 2 aliphatic heterocycles. The predicted octanol–water partition coefficient (Wildman–Crippen LogP) is 2.66. The highest BCUT2D eigenvalue weighted by atomic mass is 35.5. The van der Waals surface area contributed by atoms with Crippen molar-refractivity contribution in [1.29, 1.82) is 5.26 Å². The molecule has 5 nitrogen and oxygen atoms in total. The van der Waals surface area contributed by atoms with Crippen molar-refractivity contribution in [2.24, 2.45) is 0 Å². The van der Waals surface area contributed by atoms with E-state index in [4.69, 9.17) is 16.9 Å². The molecule has 10 heteroatoms. The summed E-state index contributed by atoms with van der Waals surface area (Å²) in [6.45, 7) is -0.0562. The average molecular weight is 364 g/mol. The number of hydrogen-bond acceptors (Lipinski definition) is 3. The van der Waals surface area contributed by atoms with Gasteiger partial charge in [-0.2, -0.15) is 18.4 Å². The number of nitriles is 1. The molecule has 0 aromatic heterocycles. The molecular weight excluding hydrogens is 354 g/mol. The Hall–Kier alpha value is -2.05. The number of nitrogens with zero attached hydrogens (tertiary/aromatic N) is 3. The Labute approximate surface area is 138 Å². The van der Waals surface area contributed by atoms with Crippen LogP contribution < -0.4 is 4.90 Å². The molecule has 1 N–H and O–H groups in total. The number of alkyl halides is 3. The Kier molecular flexibility index (Phi) is 3.85. The number of benzene rings is 1. The first-order chi connectivity index (χ1) is 11.2. The van der Waals surface area contributed by atoms with Crippen LogP contribution >= 0.6 is 11.6 Å². The molecule has 2 saturated heterocycles. The number of anilines is 1. The van der Waals surface area contributed by atoms with Gasteiger partial charge in [-0.25, -0.2) is 9.18 Å². The molecular formula is C14H10ClF4N3O2. The molecule has 128 valence electrons. The fraction of sp³-hybridized carbons (Fsp3) is 0.429. The highest BCUT2D eigenvalue weighted by Gasteiger charge is 2.63. The fourth-order valence-corrected chi connectivity index (χ4v) is 3.42. The Bertz CT molecular complexity index is 749. The lowest BCUT2D eigenvalue weighted by atomic mass is 10.0. The maximum Gasteiger partial charge on any atom is 0.411 e. The zero-order valence-electron chi connectivity index (χ0n) is 11.9. The van der Waals surface area contributed by atoms with Crippen LogP contribution in [0, 0.1) is 17.1 Å². The van der Waals surface area contributed by atoms with E-state index in [1.165, 1.54) is 0 Å². The van der Waals surface area contributed by atoms with Crippen molar-refractivity contribution in [3.05, 3.63) is 28.5 Å². The van der Waals surface area contributed by atoms with E-state index in [0.717, 1.165) is 17.0 Å². The highest BCUT2D eigenvalue weighted by molar-refractivity contribution is 6.32. The van der Waals surface area contributed by atoms with E-state index < -0.39 is 46.9 Å². The molecule has 2 heterocycles. The minimum Gasteiger partial charge on any atom is -0.391 e. The number of urea groups is 1. The van der Waals surface area contributed by atoms with Gasteiger partial charge in [0.2, 0.25) is 0 Å². The van der Waals surface area contributed by atoms with E-state index >= 15 is 0 Å². The fourth-order valence-electron chi connectivity index (χ4n) is 3.22. The zero-order valence-corrected chi connectivity index (χ0v) is 12.6. The number of hydrogen-bond donors (Lipinski definition) is 1. The standard InChI is InChI=1S/C14H10ClF4N3O2/c15-9-6(5-20)1-2-7(10(9)16)22-12(14(17,18)19)11-8(23)3-4-21(11)13(22)24/h1-2,8,11-12,23H,3-4H2/t8-,11+,12+/m1/s1. The van der Waals surface area contributed by atoms with Crippen molar-refractivity contribution in [2.45, 2.75) is 30.8 Å². The molecule has 3 rings (SSSR count). The number of rotatable bonds is 1. The number of halogens is 5. The van der Waals surface area contributed by atoms with Crippen LogP contribution in [0.4, 0.5) is 28.0 Å². The second-order valence-electron chi connectivity index (χ2n) is 5.55. The summed E-state index contributed by atoms with van der Waals surface area (Å²) in [4.78, 5) is 13.5. The van der Waals surface area contributed by atoms with E-state index in [-0.39, 0.29) is 23.4 Å². The van der Waals surface area contributed by atoms with Gasteiger partial charge in [-0.05, 0) is 18.6 Å². The average Bonchev–Trinajstić information content (AvgIpc) is 3.01. The van der Waals surface area contributed by atoms with Crippen molar-refractivity contribution in [3.8, 4) is 6.07 Å². The Morgan fingerprint density at radius 2 is 2.04 bits per heavy atom. The van der Waals surface area contributed by atoms with Crippen LogP contribution in [0.15, 0.2) is 12.1 Å². The van der Waals surface area contributed by atoms with E-state index in [9.17, 15) is 27.5 Å². The number of aliphatic hydroxyl groups is 1. The molecule has 0 spiro atoms. The Balaban J connectivity index is 2.14. The normalized spacial score (nSPS) is 26.7. The molecule has 2 amide bonds. The third-order valence-electron chi connectivity index (χ3n) is 4.25. The lowest BCUT2D eigenvalue weighted by Crippen LogP contribution is -2.51. The first-order valence-corrected chi connectivity index (χ1v) is 7.29. The molecule has 1 aromatic carbocycles. The van der Waals surface area contributed by atoms with E-state index in [1.807, 2.05) is 0 Å². The van der Waals surface area contributed by atoms with Crippen LogP contribution in [0.2, 0.25) is 5.02 Å². The van der Waals surface area contributed by atoms with Gasteiger partial charge < -0.3 is 10.0 Å². The first kappa shape index (κ1) is 16.8. The molecule has 2 fully saturated rings. The van der Waals surface area contributed by atoms with Gasteiger partial charge in [0.05, 0.1) is 28.4 Å². The van der Waals surface area contributed by atoms with Gasteiger partial charge in [-0.1, -0.05) is 11.6 Å². The SMILES string of the molecule is N#Cc1ccc(N2C(=O)N3CC[C@@H](O)[C@H]3[C@H]2C(F)(F)F)c(F)c1Cl. The second-order valence-corrected chi connectivity index (χ2v) is 5.93. The van der Waals surface area contributed by atoms with Crippen LogP contribution in [0.3, 0.4) is 0 Å². The summed E-state index contributed by atoms with van der Waals surface area (Å²) in [6, 6.07) is -1.41. The summed E-state index contributed by atoms with van der Waals surface area (Å²) in [5.74, 6) is -1.28. The van der Waals surface area contributed by atoms with Gasteiger partial charge in [0, 0.05) is 6.54 Å². The summed E-state index contributed by atoms with van der Waals surface area (Å²) >= 11 is 5.66. The molecule has 0 radical (unpaired) electrons. The molecule has 0 bridgehead atoms. The number of amides is 2. The summed E-state index contributed by atoms with van der Waals surface area (Å²) in [5, 5.41) is 18.0. The molecule has 0 unspecified atom stereocenters. The summed E-state index contributed by atoms with van der Waals surface area (Å²) in [5.41, 5.74) is -0.929. The van der Waals surface area contributed by atoms with Gasteiger partial charge in [0.1, 0.15) is 6.07 Å². The van der Waals surface area contributed by atoms with Crippen LogP contribution in [-0.4, -0.2) is 46.9 Å². The van der Waals surface area contributed by atoms with E-state index in [0.29, 0.717) is 0 Å². The Morgan fingerprint density at radius 3 is 2.62 bits per heavy atom. The van der Waals surface area contributed by atoms with E-state index in [1.54, 1.807) is 6.07 Å². The highest BCUT2D eigenvalue weighted by Crippen LogP contribution is 2.44. The van der Waals surface area contributed by atoms with Gasteiger partial charge in [-0.3, -0.25) is 4.90 Å². The number of carbonyl (C=O) groups excluding carboxylic acids is 1. The third kappa shape index (κ3) is 2.29. The van der Waals surface area contributed by atoms with Gasteiger partial charge in [0.25, 0.3) is 0 Å². The summed E-state index contributed by atoms with van der Waals surface area (Å²) in [6.07, 6.45) is -6.22. The monoisotopic (exact) mass is 363 g/mol. The minimum absolute atomic E-state index is 0.0213. The largest absolute Gasteiger partial charge is 0.411 e. The lowest BCUT2D eigenvalue weighted by molar-refractivity contribution is -0.156. The number of carbonyl (C=O) groups is 1. The Morgan fingerprint density at radius 1 is 1.38 bits per heavy atom. The van der Waals surface area contributed by atoms with Crippen LogP contribution in [0.1, 0.15) is 12.0 Å². The van der Waals surface area contributed by atoms with Crippen molar-refractivity contribution in [1.82, 2.24) is 4.90 Å². The quantitative estimate of drug-likeness (QED) is 0.780. The second kappa shape index (κ2) is 5.50. The maximum atomic E-state index is 14.4. The molecule has 24 heavy (non-hydrogen) atoms. The number of fused-ring (bicyclic) bond motifs is 1. The molecule has 2 aliphatic rings. The molecule has 0 saturated carbocycles. The van der Waals surface area contributed by atoms with Crippen molar-refractivity contribution < 1.29 is 27.5 Å². The predicted molar refractivity (Wildman–Crippen MR) is 75.0 cm³/mol.